The number of nitrogens with zero attached hydrogens (tertiary/aromatic N) is 2. The monoisotopic (exact) mass is 469 g/mol. The number of hydrogen-bond donors (Lipinski definition) is 1. The van der Waals surface area contributed by atoms with Gasteiger partial charge in [-0.25, -0.2) is 4.98 Å². The van der Waals surface area contributed by atoms with E-state index < -0.39 is 0 Å². The first-order chi connectivity index (χ1) is 17.0. The van der Waals surface area contributed by atoms with E-state index in [0.29, 0.717) is 13.2 Å². The van der Waals surface area contributed by atoms with Crippen LogP contribution >= 0.6 is 0 Å². The Morgan fingerprint density at radius 1 is 0.943 bits per heavy atom. The van der Waals surface area contributed by atoms with Crippen molar-refractivity contribution >= 4 is 16.9 Å². The lowest BCUT2D eigenvalue weighted by Gasteiger charge is -2.13. The second-order valence-corrected chi connectivity index (χ2v) is 9.15. The van der Waals surface area contributed by atoms with E-state index in [0.717, 1.165) is 66.0 Å². The smallest absolute Gasteiger partial charge is 0.251 e. The Bertz CT molecular complexity index is 1290. The molecule has 4 aromatic rings. The van der Waals surface area contributed by atoms with Crippen molar-refractivity contribution in [2.24, 2.45) is 0 Å². The molecule has 0 radical (unpaired) electrons. The lowest BCUT2D eigenvalue weighted by molar-refractivity contribution is 0.0953. The number of amides is 1. The van der Waals surface area contributed by atoms with Gasteiger partial charge in [0.1, 0.15) is 18.2 Å². The van der Waals surface area contributed by atoms with Crippen molar-refractivity contribution in [3.8, 4) is 5.75 Å². The number of aromatic nitrogens is 2. The Balaban J connectivity index is 1.29. The van der Waals surface area contributed by atoms with E-state index in [1.54, 1.807) is 0 Å². The molecular formula is C30H35N3O2. The minimum absolute atomic E-state index is 0.000612. The molecule has 0 fully saturated rings. The van der Waals surface area contributed by atoms with Crippen molar-refractivity contribution in [3.05, 3.63) is 94.8 Å². The van der Waals surface area contributed by atoms with Gasteiger partial charge in [0.2, 0.25) is 0 Å². The predicted octanol–water partition coefficient (Wildman–Crippen LogP) is 6.18. The fraction of sp³-hybridized carbons (Fsp3) is 0.333. The average Bonchev–Trinajstić information content (AvgIpc) is 3.21. The topological polar surface area (TPSA) is 56.2 Å². The lowest BCUT2D eigenvalue weighted by Crippen LogP contribution is -2.24. The van der Waals surface area contributed by atoms with Crippen LogP contribution in [0.5, 0.6) is 5.75 Å². The van der Waals surface area contributed by atoms with Crippen LogP contribution in [0.1, 0.15) is 52.1 Å². The average molecular weight is 470 g/mol. The maximum Gasteiger partial charge on any atom is 0.251 e. The van der Waals surface area contributed by atoms with Crippen LogP contribution in [-0.4, -0.2) is 28.6 Å². The van der Waals surface area contributed by atoms with Gasteiger partial charge < -0.3 is 14.6 Å². The third-order valence-corrected chi connectivity index (χ3v) is 6.50. The van der Waals surface area contributed by atoms with Gasteiger partial charge >= 0.3 is 0 Å². The van der Waals surface area contributed by atoms with Crippen LogP contribution in [0.4, 0.5) is 0 Å². The molecule has 0 atom stereocenters. The second kappa shape index (κ2) is 11.7. The summed E-state index contributed by atoms with van der Waals surface area (Å²) in [5.41, 5.74) is 6.43. The van der Waals surface area contributed by atoms with Gasteiger partial charge in [0.05, 0.1) is 17.6 Å². The summed E-state index contributed by atoms with van der Waals surface area (Å²) in [5.74, 6) is 2.04. The minimum atomic E-state index is -0.000612. The van der Waals surface area contributed by atoms with E-state index in [-0.39, 0.29) is 5.91 Å². The maximum atomic E-state index is 12.3. The van der Waals surface area contributed by atoms with Gasteiger partial charge in [-0.1, -0.05) is 48.4 Å². The largest absolute Gasteiger partial charge is 0.491 e. The van der Waals surface area contributed by atoms with Crippen molar-refractivity contribution in [1.29, 1.82) is 0 Å². The number of hydrogen-bond acceptors (Lipinski definition) is 3. The molecule has 0 saturated heterocycles. The van der Waals surface area contributed by atoms with Crippen molar-refractivity contribution in [3.63, 3.8) is 0 Å². The molecule has 0 aliphatic carbocycles. The molecule has 0 unspecified atom stereocenters. The number of ether oxygens (including phenoxy) is 1. The Labute approximate surface area is 208 Å². The fourth-order valence-electron chi connectivity index (χ4n) is 4.37. The van der Waals surface area contributed by atoms with Gasteiger partial charge in [0.15, 0.2) is 0 Å². The van der Waals surface area contributed by atoms with Crippen LogP contribution in [0, 0.1) is 20.8 Å². The van der Waals surface area contributed by atoms with Gasteiger partial charge in [-0.15, -0.1) is 0 Å². The summed E-state index contributed by atoms with van der Waals surface area (Å²) in [7, 11) is 0. The highest BCUT2D eigenvalue weighted by molar-refractivity contribution is 5.94. The summed E-state index contributed by atoms with van der Waals surface area (Å²) in [6.07, 6.45) is 3.93. The highest BCUT2D eigenvalue weighted by atomic mass is 16.5. The van der Waals surface area contributed by atoms with E-state index in [1.807, 2.05) is 49.4 Å². The molecule has 0 bridgehead atoms. The molecule has 1 aromatic heterocycles. The molecule has 5 heteroatoms. The first kappa shape index (κ1) is 24.5. The Morgan fingerprint density at radius 3 is 2.63 bits per heavy atom. The number of carbonyl (C=O) groups excluding carboxylic acids is 1. The third kappa shape index (κ3) is 6.30. The summed E-state index contributed by atoms with van der Waals surface area (Å²) >= 11 is 0. The summed E-state index contributed by atoms with van der Waals surface area (Å²) in [6.45, 7) is 8.26. The zero-order valence-corrected chi connectivity index (χ0v) is 21.0. The summed E-state index contributed by atoms with van der Waals surface area (Å²) in [6, 6.07) is 22.2. The third-order valence-electron chi connectivity index (χ3n) is 6.50. The first-order valence-corrected chi connectivity index (χ1v) is 12.5. The molecule has 3 aromatic carbocycles. The number of aryl methyl sites for hydroxylation is 3. The van der Waals surface area contributed by atoms with Gasteiger partial charge in [-0.05, 0) is 75.1 Å². The van der Waals surface area contributed by atoms with E-state index in [9.17, 15) is 4.79 Å². The number of fused-ring (bicyclic) bond motifs is 1. The predicted molar refractivity (Wildman–Crippen MR) is 142 cm³/mol. The van der Waals surface area contributed by atoms with Gasteiger partial charge in [0, 0.05) is 18.5 Å². The number of nitrogens with one attached hydrogen (secondary N) is 1. The highest BCUT2D eigenvalue weighted by Crippen LogP contribution is 2.22. The van der Waals surface area contributed by atoms with Crippen LogP contribution in [0.25, 0.3) is 11.0 Å². The first-order valence-electron chi connectivity index (χ1n) is 12.5. The van der Waals surface area contributed by atoms with Crippen LogP contribution < -0.4 is 10.1 Å². The van der Waals surface area contributed by atoms with Crippen molar-refractivity contribution in [1.82, 2.24) is 14.9 Å². The van der Waals surface area contributed by atoms with E-state index in [1.165, 1.54) is 11.1 Å². The van der Waals surface area contributed by atoms with Crippen LogP contribution in [0.3, 0.4) is 0 Å². The number of para-hydroxylation sites is 2. The summed E-state index contributed by atoms with van der Waals surface area (Å²) in [4.78, 5) is 17.2. The van der Waals surface area contributed by atoms with E-state index >= 15 is 0 Å². The summed E-state index contributed by atoms with van der Waals surface area (Å²) < 4.78 is 8.42. The molecule has 1 heterocycles. The van der Waals surface area contributed by atoms with Crippen LogP contribution in [0.2, 0.25) is 0 Å². The highest BCUT2D eigenvalue weighted by Gasteiger charge is 2.11. The molecule has 0 aliphatic rings. The lowest BCUT2D eigenvalue weighted by atomic mass is 10.1. The maximum absolute atomic E-state index is 12.3. The van der Waals surface area contributed by atoms with E-state index in [2.05, 4.69) is 48.0 Å². The van der Waals surface area contributed by atoms with Crippen molar-refractivity contribution in [2.45, 2.75) is 53.0 Å². The Morgan fingerprint density at radius 2 is 1.77 bits per heavy atom. The SMILES string of the molecule is Cc1cccc(C(=O)NCCCCCc2nc3ccccc3n2CCOc2cccc(C)c2C)c1. The number of rotatable bonds is 11. The van der Waals surface area contributed by atoms with Crippen LogP contribution in [0.15, 0.2) is 66.7 Å². The molecule has 0 spiro atoms. The van der Waals surface area contributed by atoms with Gasteiger partial charge in [0.25, 0.3) is 5.91 Å². The zero-order chi connectivity index (χ0) is 24.6. The number of carbonyl (C=O) groups is 1. The van der Waals surface area contributed by atoms with Gasteiger partial charge in [-0.3, -0.25) is 4.79 Å². The number of imidazole rings is 1. The molecule has 5 nitrogen and oxygen atoms in total. The summed E-state index contributed by atoms with van der Waals surface area (Å²) in [5, 5.41) is 3.03. The molecular weight excluding hydrogens is 434 g/mol. The molecule has 1 N–H and O–H groups in total. The van der Waals surface area contributed by atoms with Gasteiger partial charge in [-0.2, -0.15) is 0 Å². The molecule has 0 saturated carbocycles. The molecule has 1 amide bonds. The zero-order valence-electron chi connectivity index (χ0n) is 21.0. The quantitative estimate of drug-likeness (QED) is 0.267. The second-order valence-electron chi connectivity index (χ2n) is 9.15. The van der Waals surface area contributed by atoms with Crippen LogP contribution in [-0.2, 0) is 13.0 Å². The molecule has 4 rings (SSSR count). The van der Waals surface area contributed by atoms with Crippen molar-refractivity contribution in [2.75, 3.05) is 13.2 Å². The molecule has 0 aliphatic heterocycles. The molecule has 182 valence electrons. The number of unbranched alkanes of at least 4 members (excludes halogenated alkanes) is 2. The van der Waals surface area contributed by atoms with E-state index in [4.69, 9.17) is 9.72 Å². The fourth-order valence-corrected chi connectivity index (χ4v) is 4.37. The Kier molecular flexibility index (Phi) is 8.19. The minimum Gasteiger partial charge on any atom is -0.491 e. The van der Waals surface area contributed by atoms with Crippen molar-refractivity contribution < 1.29 is 9.53 Å². The number of benzene rings is 3. The normalized spacial score (nSPS) is 11.1. The standard InChI is InChI=1S/C30H35N3O2/c1-22-11-9-13-25(21-22)30(34)31-18-8-4-5-17-29-32-26-14-6-7-15-27(26)33(29)19-20-35-28-16-10-12-23(2)24(28)3/h6-7,9-16,21H,4-5,8,17-20H2,1-3H3,(H,31,34). The Hall–Kier alpha value is -3.60. The molecule has 35 heavy (non-hydrogen) atoms.